The number of hydrogen-bond acceptors (Lipinski definition) is 4. The minimum Gasteiger partial charge on any atom is -0.467 e. The third kappa shape index (κ3) is 4.29. The number of carbonyl (C=O) groups excluding carboxylic acids is 2. The van der Waals surface area contributed by atoms with Crippen LogP contribution >= 0.6 is 0 Å². The van der Waals surface area contributed by atoms with E-state index in [-0.39, 0.29) is 23.6 Å². The van der Waals surface area contributed by atoms with Crippen molar-refractivity contribution in [3.63, 3.8) is 0 Å². The van der Waals surface area contributed by atoms with Gasteiger partial charge in [0.25, 0.3) is 11.8 Å². The fraction of sp³-hybridized carbons (Fsp3) is 0.360. The summed E-state index contributed by atoms with van der Waals surface area (Å²) in [6.45, 7) is 5.91. The van der Waals surface area contributed by atoms with Gasteiger partial charge in [0.1, 0.15) is 5.76 Å². The molecule has 0 radical (unpaired) electrons. The van der Waals surface area contributed by atoms with Crippen LogP contribution in [0, 0.1) is 20.8 Å². The van der Waals surface area contributed by atoms with Gasteiger partial charge in [0.05, 0.1) is 18.2 Å². The Kier molecular flexibility index (Phi) is 5.98. The minimum atomic E-state index is -0.951. The van der Waals surface area contributed by atoms with Crippen LogP contribution in [0.3, 0.4) is 0 Å². The van der Waals surface area contributed by atoms with E-state index < -0.39 is 6.04 Å². The first-order valence-electron chi connectivity index (χ1n) is 10.7. The fourth-order valence-corrected chi connectivity index (χ4v) is 4.59. The molecule has 6 heteroatoms. The molecule has 1 unspecified atom stereocenters. The summed E-state index contributed by atoms with van der Waals surface area (Å²) >= 11 is 0. The predicted octanol–water partition coefficient (Wildman–Crippen LogP) is 5.24. The molecule has 1 aliphatic rings. The number of nitrogens with one attached hydrogen (secondary N) is 1. The zero-order chi connectivity index (χ0) is 22.0. The monoisotopic (exact) mass is 420 g/mol. The van der Waals surface area contributed by atoms with Gasteiger partial charge in [0.2, 0.25) is 0 Å². The number of benzene rings is 1. The average Bonchev–Trinajstić information content (AvgIpc) is 3.48. The Morgan fingerprint density at radius 1 is 1.00 bits per heavy atom. The standard InChI is InChI=1S/C25H28N2O4/c1-16-14-17(2)22(18(3)15-16)27(25(29)21-11-7-13-31-21)23(20-10-6-12-30-20)24(28)26-19-8-4-5-9-19/h6-7,10-15,19,23H,4-5,8-9H2,1-3H3,(H,26,28). The first-order chi connectivity index (χ1) is 15.0. The van der Waals surface area contributed by atoms with Crippen molar-refractivity contribution in [2.45, 2.75) is 58.5 Å². The van der Waals surface area contributed by atoms with E-state index in [4.69, 9.17) is 8.83 Å². The molecule has 0 aliphatic heterocycles. The van der Waals surface area contributed by atoms with Crippen molar-refractivity contribution in [2.75, 3.05) is 4.90 Å². The van der Waals surface area contributed by atoms with Crippen molar-refractivity contribution in [3.8, 4) is 0 Å². The van der Waals surface area contributed by atoms with Crippen LogP contribution in [0.4, 0.5) is 5.69 Å². The lowest BCUT2D eigenvalue weighted by Gasteiger charge is -2.32. The van der Waals surface area contributed by atoms with Crippen LogP contribution in [-0.2, 0) is 4.79 Å². The second-order valence-electron chi connectivity index (χ2n) is 8.31. The van der Waals surface area contributed by atoms with Crippen LogP contribution in [0.5, 0.6) is 0 Å². The number of furan rings is 2. The molecule has 1 fully saturated rings. The summed E-state index contributed by atoms with van der Waals surface area (Å²) in [6, 6.07) is 9.94. The number of rotatable bonds is 6. The second kappa shape index (κ2) is 8.84. The molecule has 2 heterocycles. The van der Waals surface area contributed by atoms with E-state index in [0.717, 1.165) is 42.4 Å². The van der Waals surface area contributed by atoms with Crippen LogP contribution in [0.25, 0.3) is 0 Å². The Morgan fingerprint density at radius 3 is 2.23 bits per heavy atom. The first kappa shape index (κ1) is 21.0. The molecule has 0 spiro atoms. The Bertz CT molecular complexity index is 1020. The van der Waals surface area contributed by atoms with Crippen molar-refractivity contribution in [3.05, 3.63) is 77.1 Å². The first-order valence-corrected chi connectivity index (χ1v) is 10.7. The highest BCUT2D eigenvalue weighted by atomic mass is 16.3. The zero-order valence-electron chi connectivity index (χ0n) is 18.2. The summed E-state index contributed by atoms with van der Waals surface area (Å²) in [4.78, 5) is 28.8. The lowest BCUT2D eigenvalue weighted by atomic mass is 10.0. The summed E-state index contributed by atoms with van der Waals surface area (Å²) in [6.07, 6.45) is 7.08. The Labute approximate surface area is 182 Å². The van der Waals surface area contributed by atoms with Gasteiger partial charge in [-0.1, -0.05) is 30.5 Å². The van der Waals surface area contributed by atoms with E-state index >= 15 is 0 Å². The van der Waals surface area contributed by atoms with E-state index in [9.17, 15) is 9.59 Å². The number of aryl methyl sites for hydroxylation is 3. The van der Waals surface area contributed by atoms with Gasteiger partial charge in [0, 0.05) is 6.04 Å². The molecule has 0 saturated heterocycles. The lowest BCUT2D eigenvalue weighted by Crippen LogP contribution is -2.46. The third-order valence-corrected chi connectivity index (χ3v) is 5.85. The second-order valence-corrected chi connectivity index (χ2v) is 8.31. The van der Waals surface area contributed by atoms with Gasteiger partial charge in [0.15, 0.2) is 11.8 Å². The molecule has 162 valence electrons. The molecule has 1 N–H and O–H groups in total. The van der Waals surface area contributed by atoms with E-state index in [1.54, 1.807) is 24.3 Å². The average molecular weight is 421 g/mol. The molecule has 1 aromatic carbocycles. The highest BCUT2D eigenvalue weighted by Crippen LogP contribution is 2.36. The van der Waals surface area contributed by atoms with Gasteiger partial charge < -0.3 is 14.2 Å². The molecule has 1 saturated carbocycles. The molecule has 4 rings (SSSR count). The quantitative estimate of drug-likeness (QED) is 0.591. The largest absolute Gasteiger partial charge is 0.467 e. The van der Waals surface area contributed by atoms with Crippen molar-refractivity contribution in [2.24, 2.45) is 0 Å². The van der Waals surface area contributed by atoms with Crippen molar-refractivity contribution in [1.82, 2.24) is 5.32 Å². The van der Waals surface area contributed by atoms with Gasteiger partial charge in [-0.3, -0.25) is 14.5 Å². The zero-order valence-corrected chi connectivity index (χ0v) is 18.2. The smallest absolute Gasteiger partial charge is 0.295 e. The fourth-order valence-electron chi connectivity index (χ4n) is 4.59. The van der Waals surface area contributed by atoms with E-state index in [1.807, 2.05) is 32.9 Å². The van der Waals surface area contributed by atoms with Gasteiger partial charge >= 0.3 is 0 Å². The maximum absolute atomic E-state index is 13.7. The third-order valence-electron chi connectivity index (χ3n) is 5.85. The van der Waals surface area contributed by atoms with E-state index in [0.29, 0.717) is 11.4 Å². The van der Waals surface area contributed by atoms with E-state index in [2.05, 4.69) is 5.32 Å². The molecular weight excluding hydrogens is 392 g/mol. The van der Waals surface area contributed by atoms with Crippen molar-refractivity contribution >= 4 is 17.5 Å². The normalized spacial score (nSPS) is 15.1. The van der Waals surface area contributed by atoms with Gasteiger partial charge in [-0.25, -0.2) is 0 Å². The lowest BCUT2D eigenvalue weighted by molar-refractivity contribution is -0.123. The maximum atomic E-state index is 13.7. The summed E-state index contributed by atoms with van der Waals surface area (Å²) in [5.74, 6) is -0.0523. The molecule has 31 heavy (non-hydrogen) atoms. The number of hydrogen-bond donors (Lipinski definition) is 1. The Balaban J connectivity index is 1.84. The SMILES string of the molecule is Cc1cc(C)c(N(C(=O)c2ccco2)C(C(=O)NC2CCCC2)c2ccco2)c(C)c1. The molecule has 1 atom stereocenters. The molecular formula is C25H28N2O4. The highest BCUT2D eigenvalue weighted by Gasteiger charge is 2.38. The number of nitrogens with zero attached hydrogens (tertiary/aromatic N) is 1. The topological polar surface area (TPSA) is 75.7 Å². The van der Waals surface area contributed by atoms with Gasteiger partial charge in [-0.05, 0) is 69.0 Å². The molecule has 2 amide bonds. The van der Waals surface area contributed by atoms with Crippen LogP contribution in [0.2, 0.25) is 0 Å². The van der Waals surface area contributed by atoms with Crippen molar-refractivity contribution < 1.29 is 18.4 Å². The van der Waals surface area contributed by atoms with Crippen LogP contribution in [0.1, 0.15) is 64.7 Å². The van der Waals surface area contributed by atoms with Gasteiger partial charge in [-0.15, -0.1) is 0 Å². The summed E-state index contributed by atoms with van der Waals surface area (Å²) < 4.78 is 11.1. The van der Waals surface area contributed by atoms with Gasteiger partial charge in [-0.2, -0.15) is 0 Å². The molecule has 2 aromatic heterocycles. The Hall–Kier alpha value is -3.28. The molecule has 0 bridgehead atoms. The van der Waals surface area contributed by atoms with Crippen LogP contribution < -0.4 is 10.2 Å². The predicted molar refractivity (Wildman–Crippen MR) is 118 cm³/mol. The molecule has 6 nitrogen and oxygen atoms in total. The van der Waals surface area contributed by atoms with E-state index in [1.165, 1.54) is 17.4 Å². The van der Waals surface area contributed by atoms with Crippen LogP contribution in [-0.4, -0.2) is 17.9 Å². The number of amides is 2. The molecule has 3 aromatic rings. The van der Waals surface area contributed by atoms with Crippen molar-refractivity contribution in [1.29, 1.82) is 0 Å². The minimum absolute atomic E-state index is 0.116. The summed E-state index contributed by atoms with van der Waals surface area (Å²) in [7, 11) is 0. The Morgan fingerprint density at radius 2 is 1.65 bits per heavy atom. The van der Waals surface area contributed by atoms with Crippen LogP contribution in [0.15, 0.2) is 57.8 Å². The number of carbonyl (C=O) groups is 2. The summed E-state index contributed by atoms with van der Waals surface area (Å²) in [5, 5.41) is 3.14. The number of anilines is 1. The summed E-state index contributed by atoms with van der Waals surface area (Å²) in [5.41, 5.74) is 3.59. The molecule has 1 aliphatic carbocycles. The highest BCUT2D eigenvalue weighted by molar-refractivity contribution is 6.09. The maximum Gasteiger partial charge on any atom is 0.295 e.